The van der Waals surface area contributed by atoms with Crippen LogP contribution in [0.1, 0.15) is 12.5 Å². The molecule has 0 saturated carbocycles. The topological polar surface area (TPSA) is 56.5 Å². The molecule has 4 nitrogen and oxygen atoms in total. The molecule has 1 heterocycles. The van der Waals surface area contributed by atoms with E-state index in [2.05, 4.69) is 0 Å². The highest BCUT2D eigenvalue weighted by atomic mass is 35.5. The highest BCUT2D eigenvalue weighted by Crippen LogP contribution is 2.36. The van der Waals surface area contributed by atoms with E-state index in [-0.39, 0.29) is 17.6 Å². The van der Waals surface area contributed by atoms with Gasteiger partial charge in [0, 0.05) is 16.8 Å². The van der Waals surface area contributed by atoms with Gasteiger partial charge in [0.2, 0.25) is 0 Å². The van der Waals surface area contributed by atoms with Gasteiger partial charge in [-0.15, -0.1) is 0 Å². The van der Waals surface area contributed by atoms with Crippen LogP contribution in [-0.2, 0) is 0 Å². The van der Waals surface area contributed by atoms with Gasteiger partial charge in [-0.25, -0.2) is 0 Å². The minimum absolute atomic E-state index is 0.181. The largest absolute Gasteiger partial charge is 0.509 e. The zero-order chi connectivity index (χ0) is 16.6. The Morgan fingerprint density at radius 1 is 1.17 bits per heavy atom. The molecule has 118 valence electrons. The first-order valence-electron chi connectivity index (χ1n) is 7.24. The third-order valence-electron chi connectivity index (χ3n) is 3.98. The molecule has 1 aliphatic heterocycles. The second-order valence-corrected chi connectivity index (χ2v) is 5.80. The standard InChI is InChI=1S/C18H17ClN2O2/c1-11-17(22)16(12-6-8-13(19)9-7-12)18(20)21(11)14-4-3-5-15(10-14)23-2/h3-11,20,22H,1-2H3/t11-/m1/s1. The average Bonchev–Trinajstić information content (AvgIpc) is 2.78. The molecular formula is C18H17ClN2O2. The number of hydrogen-bond donors (Lipinski definition) is 2. The SMILES string of the molecule is COc1cccc(N2C(=N)C(c3ccc(Cl)cc3)=C(O)[C@H]2C)c1. The van der Waals surface area contributed by atoms with Crippen LogP contribution in [0, 0.1) is 5.41 Å². The molecule has 0 aliphatic carbocycles. The van der Waals surface area contributed by atoms with Gasteiger partial charge in [0.05, 0.1) is 18.7 Å². The van der Waals surface area contributed by atoms with Crippen LogP contribution >= 0.6 is 11.6 Å². The van der Waals surface area contributed by atoms with Crippen molar-refractivity contribution in [2.75, 3.05) is 12.0 Å². The molecule has 1 atom stereocenters. The van der Waals surface area contributed by atoms with Crippen LogP contribution in [0.3, 0.4) is 0 Å². The van der Waals surface area contributed by atoms with Crippen LogP contribution in [0.5, 0.6) is 5.75 Å². The number of hydrogen-bond acceptors (Lipinski definition) is 3. The van der Waals surface area contributed by atoms with Crippen molar-refractivity contribution >= 4 is 28.7 Å². The number of aliphatic hydroxyl groups excluding tert-OH is 1. The predicted octanol–water partition coefficient (Wildman–Crippen LogP) is 4.50. The first-order chi connectivity index (χ1) is 11.0. The lowest BCUT2D eigenvalue weighted by Crippen LogP contribution is -2.33. The number of amidine groups is 1. The summed E-state index contributed by atoms with van der Waals surface area (Å²) in [5.74, 6) is 1.15. The van der Waals surface area contributed by atoms with Gasteiger partial charge in [-0.05, 0) is 36.8 Å². The van der Waals surface area contributed by atoms with Crippen LogP contribution in [0.4, 0.5) is 5.69 Å². The quantitative estimate of drug-likeness (QED) is 0.872. The third kappa shape index (κ3) is 2.66. The normalized spacial score (nSPS) is 17.8. The molecule has 0 amide bonds. The molecule has 3 rings (SSSR count). The Morgan fingerprint density at radius 2 is 1.87 bits per heavy atom. The van der Waals surface area contributed by atoms with Crippen LogP contribution in [0.2, 0.25) is 5.02 Å². The number of nitrogens with one attached hydrogen (secondary N) is 1. The second-order valence-electron chi connectivity index (χ2n) is 5.36. The van der Waals surface area contributed by atoms with E-state index in [1.165, 1.54) is 0 Å². The molecule has 0 aromatic heterocycles. The summed E-state index contributed by atoms with van der Waals surface area (Å²) in [5, 5.41) is 19.7. The summed E-state index contributed by atoms with van der Waals surface area (Å²) in [6.07, 6.45) is 0. The summed E-state index contributed by atoms with van der Waals surface area (Å²) < 4.78 is 5.25. The molecule has 5 heteroatoms. The number of ether oxygens (including phenoxy) is 1. The number of benzene rings is 2. The van der Waals surface area contributed by atoms with Crippen molar-refractivity contribution < 1.29 is 9.84 Å². The molecule has 2 N–H and O–H groups in total. The minimum atomic E-state index is -0.319. The number of aliphatic hydroxyl groups is 1. The fourth-order valence-electron chi connectivity index (χ4n) is 2.78. The Bertz CT molecular complexity index is 784. The number of methoxy groups -OCH3 is 1. The predicted molar refractivity (Wildman–Crippen MR) is 93.7 cm³/mol. The fourth-order valence-corrected chi connectivity index (χ4v) is 2.91. The van der Waals surface area contributed by atoms with E-state index in [0.717, 1.165) is 11.3 Å². The van der Waals surface area contributed by atoms with E-state index in [1.807, 2.05) is 43.3 Å². The summed E-state index contributed by atoms with van der Waals surface area (Å²) >= 11 is 5.92. The number of anilines is 1. The van der Waals surface area contributed by atoms with Crippen LogP contribution in [0.25, 0.3) is 5.57 Å². The van der Waals surface area contributed by atoms with Crippen molar-refractivity contribution in [3.8, 4) is 5.75 Å². The summed E-state index contributed by atoms with van der Waals surface area (Å²) in [6.45, 7) is 1.87. The maximum Gasteiger partial charge on any atom is 0.137 e. The molecule has 0 fully saturated rings. The van der Waals surface area contributed by atoms with Crippen molar-refractivity contribution in [3.63, 3.8) is 0 Å². The molecule has 0 unspecified atom stereocenters. The molecule has 2 aromatic rings. The number of halogens is 1. The zero-order valence-corrected chi connectivity index (χ0v) is 13.6. The van der Waals surface area contributed by atoms with E-state index in [4.69, 9.17) is 21.7 Å². The van der Waals surface area contributed by atoms with Gasteiger partial charge in [-0.2, -0.15) is 0 Å². The van der Waals surface area contributed by atoms with E-state index < -0.39 is 0 Å². The van der Waals surface area contributed by atoms with Crippen molar-refractivity contribution in [3.05, 3.63) is 64.9 Å². The van der Waals surface area contributed by atoms with E-state index >= 15 is 0 Å². The van der Waals surface area contributed by atoms with Crippen molar-refractivity contribution in [1.29, 1.82) is 5.41 Å². The first-order valence-corrected chi connectivity index (χ1v) is 7.62. The van der Waals surface area contributed by atoms with Gasteiger partial charge in [-0.1, -0.05) is 29.8 Å². The average molecular weight is 329 g/mol. The Labute approximate surface area is 140 Å². The maximum absolute atomic E-state index is 10.5. The van der Waals surface area contributed by atoms with Crippen LogP contribution in [-0.4, -0.2) is 24.1 Å². The summed E-state index contributed by atoms with van der Waals surface area (Å²) in [4.78, 5) is 1.78. The zero-order valence-electron chi connectivity index (χ0n) is 12.9. The lowest BCUT2D eigenvalue weighted by molar-refractivity contribution is 0.384. The van der Waals surface area contributed by atoms with Gasteiger partial charge in [0.1, 0.15) is 17.3 Å². The van der Waals surface area contributed by atoms with Gasteiger partial charge in [0.25, 0.3) is 0 Å². The lowest BCUT2D eigenvalue weighted by Gasteiger charge is -2.24. The Hall–Kier alpha value is -2.46. The van der Waals surface area contributed by atoms with E-state index in [9.17, 15) is 5.11 Å². The molecule has 23 heavy (non-hydrogen) atoms. The van der Waals surface area contributed by atoms with Crippen molar-refractivity contribution in [1.82, 2.24) is 0 Å². The Kier molecular flexibility index (Phi) is 4.01. The third-order valence-corrected chi connectivity index (χ3v) is 4.23. The van der Waals surface area contributed by atoms with Crippen molar-refractivity contribution in [2.45, 2.75) is 13.0 Å². The van der Waals surface area contributed by atoms with Crippen molar-refractivity contribution in [2.24, 2.45) is 0 Å². The van der Waals surface area contributed by atoms with E-state index in [1.54, 1.807) is 24.1 Å². The highest BCUT2D eigenvalue weighted by Gasteiger charge is 2.35. The van der Waals surface area contributed by atoms with Crippen LogP contribution < -0.4 is 9.64 Å². The van der Waals surface area contributed by atoms with Gasteiger partial charge < -0.3 is 14.7 Å². The smallest absolute Gasteiger partial charge is 0.137 e. The van der Waals surface area contributed by atoms with Gasteiger partial charge >= 0.3 is 0 Å². The monoisotopic (exact) mass is 328 g/mol. The van der Waals surface area contributed by atoms with Gasteiger partial charge in [0.15, 0.2) is 0 Å². The highest BCUT2D eigenvalue weighted by molar-refractivity contribution is 6.32. The number of nitrogens with zero attached hydrogens (tertiary/aromatic N) is 1. The molecule has 0 bridgehead atoms. The molecule has 0 saturated heterocycles. The van der Waals surface area contributed by atoms with E-state index in [0.29, 0.717) is 16.3 Å². The fraction of sp³-hybridized carbons (Fsp3) is 0.167. The Balaban J connectivity index is 2.01. The molecule has 1 aliphatic rings. The van der Waals surface area contributed by atoms with Crippen LogP contribution in [0.15, 0.2) is 54.3 Å². The molecular weight excluding hydrogens is 312 g/mol. The summed E-state index contributed by atoms with van der Waals surface area (Å²) in [6, 6.07) is 14.3. The first kappa shape index (κ1) is 15.4. The molecule has 0 spiro atoms. The summed E-state index contributed by atoms with van der Waals surface area (Å²) in [5.41, 5.74) is 2.10. The molecule has 2 aromatic carbocycles. The maximum atomic E-state index is 10.5. The second kappa shape index (κ2) is 5.97. The summed E-state index contributed by atoms with van der Waals surface area (Å²) in [7, 11) is 1.60. The lowest BCUT2D eigenvalue weighted by atomic mass is 10.0. The Morgan fingerprint density at radius 3 is 2.52 bits per heavy atom. The van der Waals surface area contributed by atoms with Gasteiger partial charge in [-0.3, -0.25) is 5.41 Å². The number of rotatable bonds is 3. The minimum Gasteiger partial charge on any atom is -0.509 e. The molecule has 0 radical (unpaired) electrons.